The zero-order valence-electron chi connectivity index (χ0n) is 10.6. The molecule has 0 aromatic carbocycles. The summed E-state index contributed by atoms with van der Waals surface area (Å²) in [5.41, 5.74) is 0.599. The Balaban J connectivity index is 2.35. The zero-order chi connectivity index (χ0) is 12.6. The maximum atomic E-state index is 12.0. The molecule has 0 saturated heterocycles. The summed E-state index contributed by atoms with van der Waals surface area (Å²) in [6, 6.07) is 0. The molecule has 2 heterocycles. The molecular weight excluding hydrogens is 222 g/mol. The van der Waals surface area contributed by atoms with Gasteiger partial charge < -0.3 is 20.0 Å². The molecule has 96 valence electrons. The van der Waals surface area contributed by atoms with Crippen LogP contribution in [0.2, 0.25) is 0 Å². The Labute approximate surface area is 101 Å². The lowest BCUT2D eigenvalue weighted by molar-refractivity contribution is -0.876. The average Bonchev–Trinajstić information content (AvgIpc) is 2.49. The first-order valence-electron chi connectivity index (χ1n) is 5.91. The summed E-state index contributed by atoms with van der Waals surface area (Å²) in [4.78, 5) is 2.44. The number of aromatic nitrogens is 3. The number of fused-ring (bicyclic) bond motifs is 1. The number of unbranched alkanes of at least 4 members (excludes halogenated alkanes) is 1. The van der Waals surface area contributed by atoms with Gasteiger partial charge in [-0.3, -0.25) is 0 Å². The van der Waals surface area contributed by atoms with Crippen LogP contribution >= 0.6 is 0 Å². The lowest BCUT2D eigenvalue weighted by atomic mass is 10.3. The van der Waals surface area contributed by atoms with Gasteiger partial charge in [0.1, 0.15) is 6.54 Å². The van der Waals surface area contributed by atoms with E-state index in [0.717, 1.165) is 18.7 Å². The van der Waals surface area contributed by atoms with Gasteiger partial charge in [-0.05, 0) is 6.42 Å². The number of quaternary nitrogens is 1. The summed E-state index contributed by atoms with van der Waals surface area (Å²) >= 11 is 0. The van der Waals surface area contributed by atoms with E-state index in [2.05, 4.69) is 12.0 Å². The highest BCUT2D eigenvalue weighted by molar-refractivity contribution is 5.42. The average molecular weight is 241 g/mol. The highest BCUT2D eigenvalue weighted by atomic mass is 16.5. The fourth-order valence-electron chi connectivity index (χ4n) is 2.33. The molecule has 0 amide bonds. The quantitative estimate of drug-likeness (QED) is 0.429. The third kappa shape index (κ3) is 2.20. The second kappa shape index (κ2) is 4.15. The van der Waals surface area contributed by atoms with Crippen LogP contribution in [0.1, 0.15) is 25.5 Å². The third-order valence-electron chi connectivity index (χ3n) is 3.00. The highest BCUT2D eigenvalue weighted by Crippen LogP contribution is 2.26. The van der Waals surface area contributed by atoms with Crippen LogP contribution in [0.15, 0.2) is 0 Å². The maximum Gasteiger partial charge on any atom is 0.212 e. The summed E-state index contributed by atoms with van der Waals surface area (Å²) in [6.45, 7) is 3.34. The predicted molar refractivity (Wildman–Crippen MR) is 62.6 cm³/mol. The standard InChI is InChI=1S/C10H19N5O2/c1-4-5-6-13-10-9(11-14(13)16)7-15(3,17)8-12(10)2/h4-8H2,1-3H3. The molecule has 1 aliphatic heterocycles. The Morgan fingerprint density at radius 2 is 2.24 bits per heavy atom. The van der Waals surface area contributed by atoms with Crippen LogP contribution in [-0.2, 0) is 13.1 Å². The first-order valence-corrected chi connectivity index (χ1v) is 5.91. The van der Waals surface area contributed by atoms with Crippen molar-refractivity contribution < 1.29 is 9.61 Å². The number of hydrogen-bond donors (Lipinski definition) is 0. The number of hydrogen-bond acceptors (Lipinski definition) is 4. The second-order valence-electron chi connectivity index (χ2n) is 4.89. The van der Waals surface area contributed by atoms with Gasteiger partial charge in [0.2, 0.25) is 11.5 Å². The van der Waals surface area contributed by atoms with Crippen LogP contribution < -0.4 is 9.86 Å². The lowest BCUT2D eigenvalue weighted by Gasteiger charge is -2.43. The van der Waals surface area contributed by atoms with Gasteiger partial charge in [-0.1, -0.05) is 18.0 Å². The minimum Gasteiger partial charge on any atom is -0.631 e. The molecule has 1 unspecified atom stereocenters. The minimum atomic E-state index is -0.408. The molecule has 1 atom stereocenters. The van der Waals surface area contributed by atoms with Gasteiger partial charge >= 0.3 is 0 Å². The summed E-state index contributed by atoms with van der Waals surface area (Å²) in [5, 5.41) is 27.6. The molecule has 0 spiro atoms. The minimum absolute atomic E-state index is 0.265. The zero-order valence-corrected chi connectivity index (χ0v) is 10.6. The summed E-state index contributed by atoms with van der Waals surface area (Å²) < 4.78 is 1.20. The molecule has 2 rings (SSSR count). The van der Waals surface area contributed by atoms with E-state index in [1.165, 1.54) is 0 Å². The molecule has 0 saturated carbocycles. The first-order chi connectivity index (χ1) is 7.94. The molecule has 0 fully saturated rings. The van der Waals surface area contributed by atoms with Crippen molar-refractivity contribution in [3.8, 4) is 0 Å². The molecule has 1 aromatic rings. The van der Waals surface area contributed by atoms with E-state index >= 15 is 0 Å². The topological polar surface area (TPSA) is 71.1 Å². The van der Waals surface area contributed by atoms with E-state index in [4.69, 9.17) is 0 Å². The largest absolute Gasteiger partial charge is 0.631 e. The van der Waals surface area contributed by atoms with Crippen molar-refractivity contribution >= 4 is 5.82 Å². The maximum absolute atomic E-state index is 12.0. The van der Waals surface area contributed by atoms with E-state index in [0.29, 0.717) is 23.9 Å². The van der Waals surface area contributed by atoms with Gasteiger partial charge in [-0.25, -0.2) is 0 Å². The molecule has 7 nitrogen and oxygen atoms in total. The van der Waals surface area contributed by atoms with Gasteiger partial charge in [0.05, 0.1) is 13.6 Å². The van der Waals surface area contributed by atoms with Crippen LogP contribution in [0.3, 0.4) is 0 Å². The Kier molecular flexibility index (Phi) is 2.96. The molecule has 0 N–H and O–H groups in total. The van der Waals surface area contributed by atoms with Gasteiger partial charge in [0.25, 0.3) is 0 Å². The summed E-state index contributed by atoms with van der Waals surface area (Å²) in [7, 11) is 3.43. The molecular formula is C10H19N5O2. The monoisotopic (exact) mass is 241 g/mol. The third-order valence-corrected chi connectivity index (χ3v) is 3.00. The Bertz CT molecular complexity index is 415. The van der Waals surface area contributed by atoms with Crippen LogP contribution in [0.4, 0.5) is 5.82 Å². The summed E-state index contributed by atoms with van der Waals surface area (Å²) in [5.74, 6) is 0.792. The van der Waals surface area contributed by atoms with Crippen molar-refractivity contribution in [3.63, 3.8) is 0 Å². The van der Waals surface area contributed by atoms with Crippen molar-refractivity contribution in [2.45, 2.75) is 32.9 Å². The van der Waals surface area contributed by atoms with Gasteiger partial charge in [-0.2, -0.15) is 0 Å². The van der Waals surface area contributed by atoms with Crippen LogP contribution in [0, 0.1) is 10.4 Å². The van der Waals surface area contributed by atoms with E-state index in [-0.39, 0.29) is 6.54 Å². The van der Waals surface area contributed by atoms with E-state index in [1.54, 1.807) is 11.7 Å². The van der Waals surface area contributed by atoms with Crippen molar-refractivity contribution in [2.24, 2.45) is 0 Å². The van der Waals surface area contributed by atoms with E-state index in [1.807, 2.05) is 11.9 Å². The van der Waals surface area contributed by atoms with Crippen molar-refractivity contribution in [2.75, 3.05) is 25.7 Å². The number of hydroxylamine groups is 3. The summed E-state index contributed by atoms with van der Waals surface area (Å²) in [6.07, 6.45) is 1.95. The van der Waals surface area contributed by atoms with Crippen molar-refractivity contribution in [1.29, 1.82) is 0 Å². The molecule has 17 heavy (non-hydrogen) atoms. The normalized spacial score (nSPS) is 23.9. The number of nitrogens with zero attached hydrogens (tertiary/aromatic N) is 5. The number of rotatable bonds is 3. The lowest BCUT2D eigenvalue weighted by Crippen LogP contribution is -2.49. The second-order valence-corrected chi connectivity index (χ2v) is 4.89. The number of anilines is 1. The molecule has 0 bridgehead atoms. The smallest absolute Gasteiger partial charge is 0.212 e. The molecule has 7 heteroatoms. The highest BCUT2D eigenvalue weighted by Gasteiger charge is 2.34. The van der Waals surface area contributed by atoms with Gasteiger partial charge in [0.15, 0.2) is 6.67 Å². The predicted octanol–water partition coefficient (Wildman–Crippen LogP) is 0.168. The van der Waals surface area contributed by atoms with Crippen LogP contribution in [0.25, 0.3) is 0 Å². The Morgan fingerprint density at radius 1 is 1.53 bits per heavy atom. The van der Waals surface area contributed by atoms with Crippen LogP contribution in [0.5, 0.6) is 0 Å². The van der Waals surface area contributed by atoms with Crippen LogP contribution in [-0.4, -0.2) is 35.2 Å². The van der Waals surface area contributed by atoms with E-state index in [9.17, 15) is 10.4 Å². The van der Waals surface area contributed by atoms with Gasteiger partial charge in [-0.15, -0.1) is 0 Å². The fraction of sp³-hybridized carbons (Fsp3) is 0.800. The van der Waals surface area contributed by atoms with Gasteiger partial charge in [0, 0.05) is 17.1 Å². The Hall–Kier alpha value is -1.34. The van der Waals surface area contributed by atoms with E-state index < -0.39 is 4.65 Å². The molecule has 0 aliphatic carbocycles. The molecule has 1 aromatic heterocycles. The first kappa shape index (κ1) is 12.1. The fourth-order valence-corrected chi connectivity index (χ4v) is 2.33. The van der Waals surface area contributed by atoms with Crippen molar-refractivity contribution in [3.05, 3.63) is 16.1 Å². The SMILES string of the molecule is CCCCn1c2c(n[n+]1[O-])C[N+](C)([O-])CN2C. The molecule has 1 aliphatic rings. The molecule has 0 radical (unpaired) electrons. The van der Waals surface area contributed by atoms with Crippen molar-refractivity contribution in [1.82, 2.24) is 9.78 Å². The Morgan fingerprint density at radius 3 is 2.88 bits per heavy atom.